The fraction of sp³-hybridized carbons (Fsp3) is 0.500. The molecule has 4 heterocycles. The Balaban J connectivity index is 1.51. The Morgan fingerprint density at radius 1 is 1.29 bits per heavy atom. The Labute approximate surface area is 249 Å². The third-order valence-electron chi connectivity index (χ3n) is 6.78. The number of ether oxygens (including phenoxy) is 3. The van der Waals surface area contributed by atoms with Crippen LogP contribution in [0, 0.1) is 5.92 Å². The van der Waals surface area contributed by atoms with Crippen molar-refractivity contribution >= 4 is 63.7 Å². The lowest BCUT2D eigenvalue weighted by Gasteiger charge is -2.49. The number of nitrogens with two attached hydrogens (primary N) is 1. The number of hydrogen-bond acceptors (Lipinski definition) is 14. The summed E-state index contributed by atoms with van der Waals surface area (Å²) in [6, 6.07) is -0.989. The van der Waals surface area contributed by atoms with Crippen LogP contribution in [-0.2, 0) is 43.0 Å². The highest BCUT2D eigenvalue weighted by Crippen LogP contribution is 2.41. The van der Waals surface area contributed by atoms with Crippen molar-refractivity contribution in [2.24, 2.45) is 11.1 Å². The van der Waals surface area contributed by atoms with Crippen LogP contribution in [0.3, 0.4) is 0 Å². The van der Waals surface area contributed by atoms with Gasteiger partial charge in [0.2, 0.25) is 6.79 Å². The predicted molar refractivity (Wildman–Crippen MR) is 151 cm³/mol. The van der Waals surface area contributed by atoms with Crippen LogP contribution in [0.5, 0.6) is 0 Å². The van der Waals surface area contributed by atoms with E-state index in [1.807, 2.05) is 13.8 Å². The number of fused-ring (bicyclic) bond motifs is 1. The van der Waals surface area contributed by atoms with Crippen molar-refractivity contribution in [1.82, 2.24) is 15.2 Å². The molecular formula is C26H31N5O9S2. The van der Waals surface area contributed by atoms with Crippen LogP contribution in [-0.4, -0.2) is 82.5 Å². The molecule has 0 saturated carbocycles. The molecule has 42 heavy (non-hydrogen) atoms. The van der Waals surface area contributed by atoms with Crippen LogP contribution in [0.25, 0.3) is 0 Å². The highest BCUT2D eigenvalue weighted by molar-refractivity contribution is 8.00. The highest BCUT2D eigenvalue weighted by atomic mass is 32.2. The van der Waals surface area contributed by atoms with E-state index in [2.05, 4.69) is 15.5 Å². The lowest BCUT2D eigenvalue weighted by Crippen LogP contribution is -2.71. The number of carbonyl (C=O) groups is 5. The number of nitrogen functional groups attached to an aromatic ring is 1. The number of anilines is 1. The molecular weight excluding hydrogens is 590 g/mol. The Bertz CT molecular complexity index is 1340. The first-order chi connectivity index (χ1) is 20.2. The first kappa shape index (κ1) is 31.0. The van der Waals surface area contributed by atoms with Gasteiger partial charge in [-0.3, -0.25) is 24.1 Å². The van der Waals surface area contributed by atoms with Crippen molar-refractivity contribution in [3.05, 3.63) is 34.5 Å². The van der Waals surface area contributed by atoms with Crippen LogP contribution >= 0.6 is 23.1 Å². The molecule has 2 fully saturated rings. The molecule has 0 bridgehead atoms. The van der Waals surface area contributed by atoms with Gasteiger partial charge in [-0.05, 0) is 30.9 Å². The van der Waals surface area contributed by atoms with E-state index in [0.717, 1.165) is 11.3 Å². The van der Waals surface area contributed by atoms with Gasteiger partial charge in [-0.1, -0.05) is 25.1 Å². The molecule has 14 nitrogen and oxygen atoms in total. The van der Waals surface area contributed by atoms with Crippen molar-refractivity contribution in [3.63, 3.8) is 0 Å². The van der Waals surface area contributed by atoms with E-state index in [4.69, 9.17) is 24.8 Å². The van der Waals surface area contributed by atoms with Crippen molar-refractivity contribution in [1.29, 1.82) is 0 Å². The number of carbonyl (C=O) groups excluding carboxylic acids is 5. The normalized spacial score (nSPS) is 22.1. The average Bonchev–Trinajstić information content (AvgIpc) is 3.60. The number of nitrogens with zero attached hydrogens (tertiary/aromatic N) is 3. The second kappa shape index (κ2) is 13.8. The zero-order chi connectivity index (χ0) is 30.4. The summed E-state index contributed by atoms with van der Waals surface area (Å²) in [4.78, 5) is 73.4. The molecule has 4 rings (SSSR count). The monoisotopic (exact) mass is 621 g/mol. The van der Waals surface area contributed by atoms with Crippen molar-refractivity contribution in [2.75, 3.05) is 25.4 Å². The minimum absolute atomic E-state index is 0.0496. The van der Waals surface area contributed by atoms with E-state index >= 15 is 0 Å². The van der Waals surface area contributed by atoms with Crippen LogP contribution in [0.2, 0.25) is 0 Å². The third kappa shape index (κ3) is 6.75. The molecule has 0 spiro atoms. The van der Waals surface area contributed by atoms with Gasteiger partial charge in [0.25, 0.3) is 11.8 Å². The SMILES string of the molecule is CCC(CC)C(=O)OCOC(=O)C1=C(/C=C/C2CCC(=O)O2)CS[C@H]2[C@H](NC(=O)/C(=N\OC)c3csc(N)n3)C(=O)N12. The second-order valence-corrected chi connectivity index (χ2v) is 11.4. The summed E-state index contributed by atoms with van der Waals surface area (Å²) in [6.07, 6.45) is 4.76. The molecule has 3 N–H and O–H groups in total. The van der Waals surface area contributed by atoms with Crippen molar-refractivity contribution in [2.45, 2.75) is 57.1 Å². The predicted octanol–water partition coefficient (Wildman–Crippen LogP) is 1.47. The summed E-state index contributed by atoms with van der Waals surface area (Å²) in [5.41, 5.74) is 6.10. The van der Waals surface area contributed by atoms with Crippen molar-refractivity contribution in [3.8, 4) is 0 Å². The number of β-lactam (4-membered cyclic amide) rings is 1. The molecule has 0 aliphatic carbocycles. The number of aromatic nitrogens is 1. The first-order valence-corrected chi connectivity index (χ1v) is 15.1. The van der Waals surface area contributed by atoms with E-state index < -0.39 is 48.1 Å². The van der Waals surface area contributed by atoms with E-state index in [1.165, 1.54) is 29.2 Å². The molecule has 0 aromatic carbocycles. The zero-order valence-corrected chi connectivity index (χ0v) is 24.8. The van der Waals surface area contributed by atoms with Gasteiger partial charge in [0.1, 0.15) is 36.0 Å². The van der Waals surface area contributed by atoms with Crippen LogP contribution < -0.4 is 11.1 Å². The number of thioether (sulfide) groups is 1. The van der Waals surface area contributed by atoms with Gasteiger partial charge < -0.3 is 30.1 Å². The molecule has 0 radical (unpaired) electrons. The summed E-state index contributed by atoms with van der Waals surface area (Å²) in [5.74, 6) is -3.00. The molecule has 3 aliphatic heterocycles. The Morgan fingerprint density at radius 2 is 2.05 bits per heavy atom. The van der Waals surface area contributed by atoms with Gasteiger partial charge in [-0.2, -0.15) is 0 Å². The number of oxime groups is 1. The van der Waals surface area contributed by atoms with E-state index in [-0.39, 0.29) is 46.3 Å². The van der Waals surface area contributed by atoms with E-state index in [0.29, 0.717) is 24.8 Å². The maximum Gasteiger partial charge on any atom is 0.358 e. The lowest BCUT2D eigenvalue weighted by atomic mass is 10.0. The molecule has 2 saturated heterocycles. The minimum Gasteiger partial charge on any atom is -0.458 e. The van der Waals surface area contributed by atoms with Gasteiger partial charge >= 0.3 is 17.9 Å². The average molecular weight is 622 g/mol. The maximum atomic E-state index is 13.3. The van der Waals surface area contributed by atoms with Crippen LogP contribution in [0.1, 0.15) is 45.2 Å². The Kier molecular flexibility index (Phi) is 10.2. The standard InChI is InChI=1S/C26H31N5O9S2/c1-4-13(5-2)24(35)38-12-39-25(36)20-14(6-7-15-8-9-17(32)40-15)10-41-23-19(22(34)31(20)23)29-21(33)18(30-37-3)16-11-42-26(27)28-16/h6-7,11,13,15,19,23H,4-5,8-10,12H2,1-3H3,(H2,27,28)(H,29,33)/b7-6+,30-18-/t15?,19-,23+/m1/s1. The van der Waals surface area contributed by atoms with Gasteiger partial charge in [-0.15, -0.1) is 23.1 Å². The molecule has 1 aromatic heterocycles. The smallest absolute Gasteiger partial charge is 0.358 e. The largest absolute Gasteiger partial charge is 0.458 e. The topological polar surface area (TPSA) is 189 Å². The quantitative estimate of drug-likeness (QED) is 0.113. The molecule has 1 aromatic rings. The highest BCUT2D eigenvalue weighted by Gasteiger charge is 2.54. The number of cyclic esters (lactones) is 1. The molecule has 226 valence electrons. The number of thiazole rings is 1. The van der Waals surface area contributed by atoms with Gasteiger partial charge in [0, 0.05) is 17.6 Å². The van der Waals surface area contributed by atoms with Gasteiger partial charge in [0.15, 0.2) is 10.8 Å². The molecule has 3 atom stereocenters. The Hall–Kier alpha value is -3.92. The van der Waals surface area contributed by atoms with Gasteiger partial charge in [0.05, 0.1) is 5.92 Å². The van der Waals surface area contributed by atoms with Crippen LogP contribution in [0.15, 0.2) is 34.0 Å². The number of allylic oxidation sites excluding steroid dienone is 1. The summed E-state index contributed by atoms with van der Waals surface area (Å²) in [5, 5.41) is 7.49. The zero-order valence-electron chi connectivity index (χ0n) is 23.2. The minimum atomic E-state index is -0.989. The van der Waals surface area contributed by atoms with E-state index in [9.17, 15) is 24.0 Å². The van der Waals surface area contributed by atoms with Gasteiger partial charge in [-0.25, -0.2) is 9.78 Å². The Morgan fingerprint density at radius 3 is 2.67 bits per heavy atom. The summed E-state index contributed by atoms with van der Waals surface area (Å²) < 4.78 is 15.6. The molecule has 2 amide bonds. The first-order valence-electron chi connectivity index (χ1n) is 13.2. The summed E-state index contributed by atoms with van der Waals surface area (Å²) >= 11 is 2.43. The van der Waals surface area contributed by atoms with Crippen molar-refractivity contribution < 1.29 is 43.0 Å². The number of rotatable bonds is 12. The molecule has 3 aliphatic rings. The molecule has 1 unspecified atom stereocenters. The fourth-order valence-electron chi connectivity index (χ4n) is 4.52. The van der Waals surface area contributed by atoms with Crippen LogP contribution in [0.4, 0.5) is 5.13 Å². The van der Waals surface area contributed by atoms with E-state index in [1.54, 1.807) is 12.2 Å². The number of hydrogen-bond donors (Lipinski definition) is 2. The number of nitrogens with one attached hydrogen (secondary N) is 1. The fourth-order valence-corrected chi connectivity index (χ4v) is 6.38. The summed E-state index contributed by atoms with van der Waals surface area (Å²) in [7, 11) is 1.27. The molecule has 16 heteroatoms. The lowest BCUT2D eigenvalue weighted by molar-refractivity contribution is -0.170. The number of amides is 2. The second-order valence-electron chi connectivity index (χ2n) is 9.38. The third-order valence-corrected chi connectivity index (χ3v) is 8.75. The maximum absolute atomic E-state index is 13.3. The summed E-state index contributed by atoms with van der Waals surface area (Å²) in [6.45, 7) is 3.09. The number of esters is 3.